The molecular weight excluding hydrogens is 402 g/mol. The van der Waals surface area contributed by atoms with Crippen molar-refractivity contribution < 1.29 is 13.9 Å². The van der Waals surface area contributed by atoms with Crippen LogP contribution < -0.4 is 10.1 Å². The lowest BCUT2D eigenvalue weighted by atomic mass is 10.1. The van der Waals surface area contributed by atoms with E-state index in [-0.39, 0.29) is 18.3 Å². The number of rotatable bonds is 7. The number of furan rings is 1. The topological polar surface area (TPSA) is 69.3 Å². The first-order valence-electron chi connectivity index (χ1n) is 10.6. The van der Waals surface area contributed by atoms with Crippen molar-refractivity contribution in [2.75, 3.05) is 0 Å². The van der Waals surface area contributed by atoms with Crippen molar-refractivity contribution in [2.45, 2.75) is 40.8 Å². The van der Waals surface area contributed by atoms with Gasteiger partial charge in [-0.05, 0) is 75.2 Å². The highest BCUT2D eigenvalue weighted by atomic mass is 16.5. The average Bonchev–Trinajstić information content (AvgIpc) is 3.35. The smallest absolute Gasteiger partial charge is 0.287 e. The lowest BCUT2D eigenvalue weighted by Gasteiger charge is -2.07. The van der Waals surface area contributed by atoms with Crippen LogP contribution in [0.3, 0.4) is 0 Å². The van der Waals surface area contributed by atoms with Gasteiger partial charge in [0.1, 0.15) is 18.1 Å². The van der Waals surface area contributed by atoms with Gasteiger partial charge in [0.15, 0.2) is 5.76 Å². The zero-order chi connectivity index (χ0) is 22.7. The molecule has 0 saturated heterocycles. The maximum atomic E-state index is 12.6. The van der Waals surface area contributed by atoms with Gasteiger partial charge < -0.3 is 14.5 Å². The van der Waals surface area contributed by atoms with Crippen molar-refractivity contribution in [3.63, 3.8) is 0 Å². The molecule has 0 bridgehead atoms. The summed E-state index contributed by atoms with van der Waals surface area (Å²) in [6, 6.07) is 19.4. The fourth-order valence-corrected chi connectivity index (χ4v) is 3.76. The molecule has 2 aromatic carbocycles. The molecule has 164 valence electrons. The standard InChI is InChI=1S/C26H27N3O3/c1-17-12-18(2)14-23(13-17)31-16-22-10-11-25(32-22)26(30)27-15-24-19(3)28-29(20(24)4)21-8-6-5-7-9-21/h5-14H,15-16H2,1-4H3,(H,27,30). The molecule has 0 unspecified atom stereocenters. The summed E-state index contributed by atoms with van der Waals surface area (Å²) >= 11 is 0. The van der Waals surface area contributed by atoms with Crippen LogP contribution in [0.5, 0.6) is 5.75 Å². The number of hydrogen-bond acceptors (Lipinski definition) is 4. The second-order valence-electron chi connectivity index (χ2n) is 7.96. The number of carbonyl (C=O) groups is 1. The average molecular weight is 430 g/mol. The van der Waals surface area contributed by atoms with Gasteiger partial charge >= 0.3 is 0 Å². The third kappa shape index (κ3) is 4.75. The van der Waals surface area contributed by atoms with Crippen LogP contribution in [0.2, 0.25) is 0 Å². The minimum absolute atomic E-state index is 0.259. The second kappa shape index (κ2) is 9.14. The lowest BCUT2D eigenvalue weighted by Crippen LogP contribution is -2.23. The summed E-state index contributed by atoms with van der Waals surface area (Å²) < 4.78 is 13.4. The number of amides is 1. The Balaban J connectivity index is 1.38. The quantitative estimate of drug-likeness (QED) is 0.438. The number of ether oxygens (including phenoxy) is 1. The van der Waals surface area contributed by atoms with Gasteiger partial charge in [0.05, 0.1) is 11.4 Å². The van der Waals surface area contributed by atoms with E-state index in [4.69, 9.17) is 9.15 Å². The highest BCUT2D eigenvalue weighted by molar-refractivity contribution is 5.91. The summed E-state index contributed by atoms with van der Waals surface area (Å²) in [5.74, 6) is 1.37. The van der Waals surface area contributed by atoms with Crippen LogP contribution in [0.15, 0.2) is 65.1 Å². The van der Waals surface area contributed by atoms with Crippen molar-refractivity contribution in [3.8, 4) is 11.4 Å². The number of hydrogen-bond donors (Lipinski definition) is 1. The minimum atomic E-state index is -0.270. The fourth-order valence-electron chi connectivity index (χ4n) is 3.76. The molecule has 0 saturated carbocycles. The van der Waals surface area contributed by atoms with Crippen LogP contribution in [0.1, 0.15) is 44.4 Å². The maximum absolute atomic E-state index is 12.6. The number of benzene rings is 2. The maximum Gasteiger partial charge on any atom is 0.287 e. The fraction of sp³-hybridized carbons (Fsp3) is 0.231. The zero-order valence-electron chi connectivity index (χ0n) is 18.8. The molecule has 32 heavy (non-hydrogen) atoms. The van der Waals surface area contributed by atoms with E-state index in [1.165, 1.54) is 0 Å². The van der Waals surface area contributed by atoms with Crippen LogP contribution in [0.4, 0.5) is 0 Å². The molecule has 0 fully saturated rings. The van der Waals surface area contributed by atoms with E-state index < -0.39 is 0 Å². The minimum Gasteiger partial charge on any atom is -0.486 e. The lowest BCUT2D eigenvalue weighted by molar-refractivity contribution is 0.0919. The predicted octanol–water partition coefficient (Wildman–Crippen LogP) is 5.21. The Morgan fingerprint density at radius 3 is 2.44 bits per heavy atom. The number of aromatic nitrogens is 2. The Morgan fingerprint density at radius 1 is 1.00 bits per heavy atom. The molecule has 4 rings (SSSR count). The van der Waals surface area contributed by atoms with Crippen LogP contribution in [0, 0.1) is 27.7 Å². The number of carbonyl (C=O) groups excluding carboxylic acids is 1. The molecule has 0 radical (unpaired) electrons. The van der Waals surface area contributed by atoms with E-state index >= 15 is 0 Å². The van der Waals surface area contributed by atoms with Crippen LogP contribution in [0.25, 0.3) is 5.69 Å². The van der Waals surface area contributed by atoms with Gasteiger partial charge in [0, 0.05) is 17.8 Å². The van der Waals surface area contributed by atoms with E-state index in [9.17, 15) is 4.79 Å². The van der Waals surface area contributed by atoms with Crippen molar-refractivity contribution in [1.82, 2.24) is 15.1 Å². The molecule has 0 spiro atoms. The Bertz CT molecular complexity index is 1220. The first kappa shape index (κ1) is 21.4. The van der Waals surface area contributed by atoms with Crippen molar-refractivity contribution in [2.24, 2.45) is 0 Å². The summed E-state index contributed by atoms with van der Waals surface area (Å²) in [6.07, 6.45) is 0. The normalized spacial score (nSPS) is 10.9. The van der Waals surface area contributed by atoms with Gasteiger partial charge in [-0.15, -0.1) is 0 Å². The molecule has 0 atom stereocenters. The van der Waals surface area contributed by atoms with Gasteiger partial charge in [-0.1, -0.05) is 24.3 Å². The van der Waals surface area contributed by atoms with Gasteiger partial charge in [0.25, 0.3) is 5.91 Å². The van der Waals surface area contributed by atoms with Crippen molar-refractivity contribution >= 4 is 5.91 Å². The first-order valence-corrected chi connectivity index (χ1v) is 10.6. The monoisotopic (exact) mass is 429 g/mol. The molecule has 6 heteroatoms. The molecule has 0 aliphatic rings. The van der Waals surface area contributed by atoms with Gasteiger partial charge in [0.2, 0.25) is 0 Å². The molecule has 0 aliphatic carbocycles. The Morgan fingerprint density at radius 2 is 1.72 bits per heavy atom. The Kier molecular flexibility index (Phi) is 6.12. The van der Waals surface area contributed by atoms with Gasteiger partial charge in [-0.3, -0.25) is 4.79 Å². The number of aryl methyl sites for hydroxylation is 3. The summed E-state index contributed by atoms with van der Waals surface area (Å²) in [6.45, 7) is 8.65. The van der Waals surface area contributed by atoms with E-state index in [2.05, 4.69) is 16.5 Å². The van der Waals surface area contributed by atoms with Crippen LogP contribution in [-0.2, 0) is 13.2 Å². The third-order valence-corrected chi connectivity index (χ3v) is 5.33. The molecule has 2 heterocycles. The second-order valence-corrected chi connectivity index (χ2v) is 7.96. The summed E-state index contributed by atoms with van der Waals surface area (Å²) in [5, 5.41) is 7.56. The Labute approximate surface area is 187 Å². The largest absolute Gasteiger partial charge is 0.486 e. The predicted molar refractivity (Wildman–Crippen MR) is 123 cm³/mol. The van der Waals surface area contributed by atoms with Crippen molar-refractivity contribution in [3.05, 3.63) is 100 Å². The summed E-state index contributed by atoms with van der Waals surface area (Å²) in [5.41, 5.74) is 6.14. The molecule has 1 amide bonds. The summed E-state index contributed by atoms with van der Waals surface area (Å²) in [7, 11) is 0. The summed E-state index contributed by atoms with van der Waals surface area (Å²) in [4.78, 5) is 12.6. The van der Waals surface area contributed by atoms with Crippen LogP contribution in [-0.4, -0.2) is 15.7 Å². The Hall–Kier alpha value is -3.80. The highest BCUT2D eigenvalue weighted by Crippen LogP contribution is 2.20. The van der Waals surface area contributed by atoms with E-state index in [0.717, 1.165) is 39.5 Å². The first-order chi connectivity index (χ1) is 15.4. The van der Waals surface area contributed by atoms with Gasteiger partial charge in [-0.2, -0.15) is 5.10 Å². The number of para-hydroxylation sites is 1. The van der Waals surface area contributed by atoms with E-state index in [1.54, 1.807) is 12.1 Å². The molecular formula is C26H27N3O3. The molecule has 1 N–H and O–H groups in total. The number of nitrogens with one attached hydrogen (secondary N) is 1. The highest BCUT2D eigenvalue weighted by Gasteiger charge is 2.16. The zero-order valence-corrected chi connectivity index (χ0v) is 18.8. The van der Waals surface area contributed by atoms with Crippen molar-refractivity contribution in [1.29, 1.82) is 0 Å². The SMILES string of the molecule is Cc1cc(C)cc(OCc2ccc(C(=O)NCc3c(C)nn(-c4ccccc4)c3C)o2)c1. The molecule has 0 aliphatic heterocycles. The van der Waals surface area contributed by atoms with E-state index in [0.29, 0.717) is 12.3 Å². The van der Waals surface area contributed by atoms with Crippen LogP contribution >= 0.6 is 0 Å². The molecule has 4 aromatic rings. The number of nitrogens with zero attached hydrogens (tertiary/aromatic N) is 2. The van der Waals surface area contributed by atoms with Gasteiger partial charge in [-0.25, -0.2) is 4.68 Å². The van der Waals surface area contributed by atoms with E-state index in [1.807, 2.05) is 74.8 Å². The molecule has 6 nitrogen and oxygen atoms in total. The molecule has 2 aromatic heterocycles. The third-order valence-electron chi connectivity index (χ3n) is 5.33.